The molecule has 0 aliphatic carbocycles. The van der Waals surface area contributed by atoms with Crippen molar-refractivity contribution < 1.29 is 14.3 Å². The van der Waals surface area contributed by atoms with Gasteiger partial charge in [-0.1, -0.05) is 11.6 Å². The number of hydrogen-bond acceptors (Lipinski definition) is 4. The van der Waals surface area contributed by atoms with E-state index in [9.17, 15) is 9.59 Å². The highest BCUT2D eigenvalue weighted by Crippen LogP contribution is 2.19. The van der Waals surface area contributed by atoms with Crippen molar-refractivity contribution in [2.24, 2.45) is 5.92 Å². The summed E-state index contributed by atoms with van der Waals surface area (Å²) in [6, 6.07) is 3.22. The summed E-state index contributed by atoms with van der Waals surface area (Å²) < 4.78 is 4.73. The molecule has 1 atom stereocenters. The number of carbonyl (C=O) groups excluding carboxylic acids is 2. The molecule has 0 aromatic carbocycles. The summed E-state index contributed by atoms with van der Waals surface area (Å²) in [6.45, 7) is 1.02. The number of methoxy groups -OCH3 is 1. The fraction of sp³-hybridized carbons (Fsp3) is 0.462. The maximum atomic E-state index is 12.2. The molecule has 1 aliphatic rings. The van der Waals surface area contributed by atoms with Crippen LogP contribution < -0.4 is 0 Å². The van der Waals surface area contributed by atoms with Gasteiger partial charge in [0.25, 0.3) is 5.91 Å². The molecular formula is C13H15ClN2O3. The van der Waals surface area contributed by atoms with Crippen molar-refractivity contribution in [1.82, 2.24) is 9.88 Å². The fourth-order valence-electron chi connectivity index (χ4n) is 2.18. The molecule has 102 valence electrons. The van der Waals surface area contributed by atoms with Crippen molar-refractivity contribution in [3.63, 3.8) is 0 Å². The van der Waals surface area contributed by atoms with Gasteiger partial charge in [-0.2, -0.15) is 0 Å². The topological polar surface area (TPSA) is 59.5 Å². The van der Waals surface area contributed by atoms with Crippen LogP contribution in [0.4, 0.5) is 0 Å². The van der Waals surface area contributed by atoms with Crippen LogP contribution in [0.25, 0.3) is 0 Å². The van der Waals surface area contributed by atoms with Crippen LogP contribution in [0.15, 0.2) is 18.3 Å². The van der Waals surface area contributed by atoms with E-state index in [0.29, 0.717) is 23.8 Å². The molecule has 0 saturated carbocycles. The number of piperidine rings is 1. The third kappa shape index (κ3) is 3.23. The maximum Gasteiger partial charge on any atom is 0.310 e. The molecule has 0 N–H and O–H groups in total. The molecule has 5 nitrogen and oxygen atoms in total. The SMILES string of the molecule is COC(=O)C1CCCN(C(=O)c2ccc(Cl)cn2)C1. The Balaban J connectivity index is 2.06. The van der Waals surface area contributed by atoms with Gasteiger partial charge in [0, 0.05) is 19.3 Å². The lowest BCUT2D eigenvalue weighted by molar-refractivity contribution is -0.146. The first-order valence-corrected chi connectivity index (χ1v) is 6.48. The Bertz CT molecular complexity index is 475. The van der Waals surface area contributed by atoms with E-state index in [0.717, 1.165) is 12.8 Å². The third-order valence-electron chi connectivity index (χ3n) is 3.19. The van der Waals surface area contributed by atoms with Crippen molar-refractivity contribution in [2.45, 2.75) is 12.8 Å². The summed E-state index contributed by atoms with van der Waals surface area (Å²) in [5.74, 6) is -0.679. The Hall–Kier alpha value is -1.62. The highest BCUT2D eigenvalue weighted by Gasteiger charge is 2.29. The normalized spacial score (nSPS) is 19.1. The van der Waals surface area contributed by atoms with Crippen LogP contribution in [0.1, 0.15) is 23.3 Å². The molecule has 2 heterocycles. The number of rotatable bonds is 2. The number of aromatic nitrogens is 1. The lowest BCUT2D eigenvalue weighted by Gasteiger charge is -2.31. The number of ether oxygens (including phenoxy) is 1. The first kappa shape index (κ1) is 13.8. The monoisotopic (exact) mass is 282 g/mol. The van der Waals surface area contributed by atoms with Crippen molar-refractivity contribution in [2.75, 3.05) is 20.2 Å². The minimum atomic E-state index is -0.262. The van der Waals surface area contributed by atoms with Crippen molar-refractivity contribution >= 4 is 23.5 Å². The third-order valence-corrected chi connectivity index (χ3v) is 3.41. The molecule has 6 heteroatoms. The summed E-state index contributed by atoms with van der Waals surface area (Å²) in [5, 5.41) is 0.489. The van der Waals surface area contributed by atoms with Gasteiger partial charge in [0.1, 0.15) is 5.69 Å². The number of nitrogens with zero attached hydrogens (tertiary/aromatic N) is 2. The molecule has 0 bridgehead atoms. The second-order valence-electron chi connectivity index (χ2n) is 4.48. The van der Waals surface area contributed by atoms with Crippen LogP contribution >= 0.6 is 11.6 Å². The lowest BCUT2D eigenvalue weighted by Crippen LogP contribution is -2.42. The average molecular weight is 283 g/mol. The zero-order chi connectivity index (χ0) is 13.8. The van der Waals surface area contributed by atoms with Crippen LogP contribution in [-0.2, 0) is 9.53 Å². The number of likely N-dealkylation sites (tertiary alicyclic amines) is 1. The molecular weight excluding hydrogens is 268 g/mol. The minimum Gasteiger partial charge on any atom is -0.469 e. The first-order valence-electron chi connectivity index (χ1n) is 6.10. The number of esters is 1. The Morgan fingerprint density at radius 1 is 1.47 bits per heavy atom. The second kappa shape index (κ2) is 6.02. The summed E-state index contributed by atoms with van der Waals surface area (Å²) in [4.78, 5) is 29.4. The van der Waals surface area contributed by atoms with Gasteiger partial charge in [-0.05, 0) is 25.0 Å². The zero-order valence-electron chi connectivity index (χ0n) is 10.6. The van der Waals surface area contributed by atoms with E-state index in [2.05, 4.69) is 4.98 Å². The van der Waals surface area contributed by atoms with Crippen molar-refractivity contribution in [3.05, 3.63) is 29.0 Å². The molecule has 1 unspecified atom stereocenters. The van der Waals surface area contributed by atoms with Gasteiger partial charge in [-0.25, -0.2) is 4.98 Å². The second-order valence-corrected chi connectivity index (χ2v) is 4.91. The molecule has 19 heavy (non-hydrogen) atoms. The van der Waals surface area contributed by atoms with E-state index in [4.69, 9.17) is 16.3 Å². The quantitative estimate of drug-likeness (QED) is 0.776. The molecule has 0 spiro atoms. The van der Waals surface area contributed by atoms with E-state index in [1.54, 1.807) is 17.0 Å². The number of hydrogen-bond donors (Lipinski definition) is 0. The predicted molar refractivity (Wildman–Crippen MR) is 69.9 cm³/mol. The largest absolute Gasteiger partial charge is 0.469 e. The molecule has 0 radical (unpaired) electrons. The van der Waals surface area contributed by atoms with Gasteiger partial charge in [-0.15, -0.1) is 0 Å². The van der Waals surface area contributed by atoms with Crippen LogP contribution in [0, 0.1) is 5.92 Å². The van der Waals surface area contributed by atoms with E-state index in [1.165, 1.54) is 13.3 Å². The van der Waals surface area contributed by atoms with E-state index in [1.807, 2.05) is 0 Å². The van der Waals surface area contributed by atoms with Crippen molar-refractivity contribution in [1.29, 1.82) is 0 Å². The molecule has 1 aromatic heterocycles. The lowest BCUT2D eigenvalue weighted by atomic mass is 9.98. The number of halogens is 1. The Kier molecular flexibility index (Phi) is 4.37. The summed E-state index contributed by atoms with van der Waals surface area (Å²) >= 11 is 5.74. The Labute approximate surface area is 116 Å². The summed E-state index contributed by atoms with van der Waals surface area (Å²) in [5.41, 5.74) is 0.343. The van der Waals surface area contributed by atoms with Gasteiger partial charge < -0.3 is 9.64 Å². The molecule has 1 saturated heterocycles. The summed E-state index contributed by atoms with van der Waals surface area (Å²) in [6.07, 6.45) is 2.99. The van der Waals surface area contributed by atoms with Crippen LogP contribution in [-0.4, -0.2) is 42.0 Å². The minimum absolute atomic E-state index is 0.176. The predicted octanol–water partition coefficient (Wildman–Crippen LogP) is 1.76. The molecule has 1 aromatic rings. The van der Waals surface area contributed by atoms with E-state index in [-0.39, 0.29) is 17.8 Å². The highest BCUT2D eigenvalue weighted by atomic mass is 35.5. The smallest absolute Gasteiger partial charge is 0.310 e. The van der Waals surface area contributed by atoms with Crippen LogP contribution in [0.5, 0.6) is 0 Å². The Morgan fingerprint density at radius 2 is 2.26 bits per heavy atom. The number of pyridine rings is 1. The molecule has 1 fully saturated rings. The van der Waals surface area contributed by atoms with E-state index < -0.39 is 0 Å². The molecule has 1 aliphatic heterocycles. The van der Waals surface area contributed by atoms with Gasteiger partial charge >= 0.3 is 5.97 Å². The van der Waals surface area contributed by atoms with Gasteiger partial charge in [0.15, 0.2) is 0 Å². The number of amides is 1. The highest BCUT2D eigenvalue weighted by molar-refractivity contribution is 6.30. The average Bonchev–Trinajstić information content (AvgIpc) is 2.46. The van der Waals surface area contributed by atoms with Gasteiger partial charge in [0.2, 0.25) is 0 Å². The summed E-state index contributed by atoms with van der Waals surface area (Å²) in [7, 11) is 1.36. The standard InChI is InChI=1S/C13H15ClN2O3/c1-19-13(18)9-3-2-6-16(8-9)12(17)11-5-4-10(14)7-15-11/h4-5,7,9H,2-3,6,8H2,1H3. The number of carbonyl (C=O) groups is 2. The van der Waals surface area contributed by atoms with Crippen molar-refractivity contribution in [3.8, 4) is 0 Å². The zero-order valence-corrected chi connectivity index (χ0v) is 11.4. The Morgan fingerprint density at radius 3 is 2.89 bits per heavy atom. The maximum absolute atomic E-state index is 12.2. The van der Waals surface area contributed by atoms with Crippen LogP contribution in [0.2, 0.25) is 5.02 Å². The van der Waals surface area contributed by atoms with Crippen LogP contribution in [0.3, 0.4) is 0 Å². The van der Waals surface area contributed by atoms with Gasteiger partial charge in [0.05, 0.1) is 18.1 Å². The molecule has 1 amide bonds. The molecule has 2 rings (SSSR count). The van der Waals surface area contributed by atoms with Gasteiger partial charge in [-0.3, -0.25) is 9.59 Å². The fourth-order valence-corrected chi connectivity index (χ4v) is 2.30. The first-order chi connectivity index (χ1) is 9.11. The van der Waals surface area contributed by atoms with E-state index >= 15 is 0 Å².